The first-order valence-corrected chi connectivity index (χ1v) is 7.33. The lowest BCUT2D eigenvalue weighted by molar-refractivity contribution is 0.0951. The number of hydrogen-bond acceptors (Lipinski definition) is 3. The molecular weight excluding hydrogens is 312 g/mol. The lowest BCUT2D eigenvalue weighted by Gasteiger charge is -2.05. The van der Waals surface area contributed by atoms with Crippen molar-refractivity contribution in [2.24, 2.45) is 0 Å². The van der Waals surface area contributed by atoms with Crippen LogP contribution >= 0.6 is 27.3 Å². The molecule has 0 aromatic carbocycles. The topological polar surface area (TPSA) is 42.0 Å². The Morgan fingerprint density at radius 3 is 3.06 bits per heavy atom. The van der Waals surface area contributed by atoms with Crippen molar-refractivity contribution in [3.63, 3.8) is 0 Å². The molecule has 0 bridgehead atoms. The fourth-order valence-corrected chi connectivity index (χ4v) is 2.92. The number of thiophene rings is 1. The highest BCUT2D eigenvalue weighted by Gasteiger charge is 2.08. The fraction of sp³-hybridized carbons (Fsp3) is 0.231. The van der Waals surface area contributed by atoms with Gasteiger partial charge in [-0.25, -0.2) is 4.98 Å². The van der Waals surface area contributed by atoms with E-state index < -0.39 is 0 Å². The third-order valence-corrected chi connectivity index (χ3v) is 4.01. The molecule has 94 valence electrons. The zero-order valence-corrected chi connectivity index (χ0v) is 12.3. The molecule has 18 heavy (non-hydrogen) atoms. The Hall–Kier alpha value is -1.20. The molecule has 3 nitrogen and oxygen atoms in total. The predicted octanol–water partition coefficient (Wildman–Crippen LogP) is 3.40. The highest BCUT2D eigenvalue weighted by atomic mass is 79.9. The minimum atomic E-state index is -0.0754. The van der Waals surface area contributed by atoms with Crippen LogP contribution in [0.15, 0.2) is 34.4 Å². The lowest BCUT2D eigenvalue weighted by atomic mass is 10.2. The largest absolute Gasteiger partial charge is 0.347 e. The van der Waals surface area contributed by atoms with Crippen LogP contribution in [-0.2, 0) is 13.0 Å². The number of carbonyl (C=O) groups is 1. The van der Waals surface area contributed by atoms with Crippen molar-refractivity contribution >= 4 is 33.2 Å². The van der Waals surface area contributed by atoms with Gasteiger partial charge in [0.25, 0.3) is 5.91 Å². The second-order valence-electron chi connectivity index (χ2n) is 3.77. The average molecular weight is 325 g/mol. The molecule has 5 heteroatoms. The maximum atomic E-state index is 11.9. The number of carbonyl (C=O) groups excluding carboxylic acids is 1. The summed E-state index contributed by atoms with van der Waals surface area (Å²) in [5, 5.41) is 4.99. The normalized spacial score (nSPS) is 10.3. The predicted molar refractivity (Wildman–Crippen MR) is 76.8 cm³/mol. The van der Waals surface area contributed by atoms with Crippen molar-refractivity contribution < 1.29 is 4.79 Å². The molecule has 0 saturated heterocycles. The van der Waals surface area contributed by atoms with Crippen LogP contribution in [0.1, 0.15) is 27.7 Å². The van der Waals surface area contributed by atoms with Gasteiger partial charge in [0.05, 0.1) is 6.54 Å². The molecule has 0 aliphatic rings. The van der Waals surface area contributed by atoms with Crippen molar-refractivity contribution in [3.05, 3.63) is 50.4 Å². The minimum Gasteiger partial charge on any atom is -0.347 e. The van der Waals surface area contributed by atoms with E-state index in [9.17, 15) is 4.79 Å². The molecule has 0 fully saturated rings. The summed E-state index contributed by atoms with van der Waals surface area (Å²) >= 11 is 4.93. The van der Waals surface area contributed by atoms with Crippen LogP contribution in [0.4, 0.5) is 0 Å². The van der Waals surface area contributed by atoms with Crippen molar-refractivity contribution in [2.45, 2.75) is 19.9 Å². The molecule has 0 saturated carbocycles. The van der Waals surface area contributed by atoms with Crippen LogP contribution < -0.4 is 5.32 Å². The molecule has 0 aliphatic carbocycles. The molecule has 2 heterocycles. The van der Waals surface area contributed by atoms with E-state index in [0.717, 1.165) is 6.42 Å². The molecule has 0 unspecified atom stereocenters. The van der Waals surface area contributed by atoms with Crippen LogP contribution in [0.2, 0.25) is 0 Å². The van der Waals surface area contributed by atoms with E-state index in [1.165, 1.54) is 10.4 Å². The van der Waals surface area contributed by atoms with Crippen molar-refractivity contribution in [2.75, 3.05) is 0 Å². The fourth-order valence-electron chi connectivity index (χ4n) is 1.64. The molecular formula is C13H13BrN2OS. The van der Waals surface area contributed by atoms with Gasteiger partial charge in [-0.05, 0) is 51.5 Å². The van der Waals surface area contributed by atoms with Gasteiger partial charge in [0.1, 0.15) is 4.60 Å². The molecule has 0 atom stereocenters. The Morgan fingerprint density at radius 1 is 1.50 bits per heavy atom. The molecule has 0 radical (unpaired) electrons. The number of amides is 1. The monoisotopic (exact) mass is 324 g/mol. The van der Waals surface area contributed by atoms with Gasteiger partial charge in [0.2, 0.25) is 0 Å². The van der Waals surface area contributed by atoms with Crippen LogP contribution in [-0.4, -0.2) is 10.9 Å². The van der Waals surface area contributed by atoms with Crippen LogP contribution in [0.5, 0.6) is 0 Å². The number of halogens is 1. The lowest BCUT2D eigenvalue weighted by Crippen LogP contribution is -2.22. The van der Waals surface area contributed by atoms with E-state index in [2.05, 4.69) is 44.6 Å². The zero-order valence-electron chi connectivity index (χ0n) is 9.94. The molecule has 1 N–H and O–H groups in total. The Balaban J connectivity index is 2.00. The summed E-state index contributed by atoms with van der Waals surface area (Å²) in [4.78, 5) is 17.2. The Labute approximate surface area is 118 Å². The summed E-state index contributed by atoms with van der Waals surface area (Å²) in [5.74, 6) is -0.0754. The van der Waals surface area contributed by atoms with Gasteiger partial charge < -0.3 is 5.32 Å². The third kappa shape index (κ3) is 3.17. The number of pyridine rings is 1. The average Bonchev–Trinajstić information content (AvgIpc) is 2.83. The van der Waals surface area contributed by atoms with Crippen LogP contribution in [0.25, 0.3) is 0 Å². The SMILES string of the molecule is CCc1ccsc1CNC(=O)c1ccnc(Br)c1. The van der Waals surface area contributed by atoms with Gasteiger partial charge in [-0.1, -0.05) is 6.92 Å². The van der Waals surface area contributed by atoms with E-state index in [1.54, 1.807) is 29.7 Å². The van der Waals surface area contributed by atoms with Gasteiger partial charge in [-0.2, -0.15) is 0 Å². The van der Waals surface area contributed by atoms with Gasteiger partial charge >= 0.3 is 0 Å². The van der Waals surface area contributed by atoms with Gasteiger partial charge in [0, 0.05) is 16.6 Å². The summed E-state index contributed by atoms with van der Waals surface area (Å²) in [6.07, 6.45) is 2.61. The number of hydrogen-bond donors (Lipinski definition) is 1. The maximum Gasteiger partial charge on any atom is 0.251 e. The molecule has 0 spiro atoms. The molecule has 2 aromatic heterocycles. The smallest absolute Gasteiger partial charge is 0.251 e. The molecule has 0 aliphatic heterocycles. The first-order chi connectivity index (χ1) is 8.70. The van der Waals surface area contributed by atoms with Gasteiger partial charge in [-0.15, -0.1) is 11.3 Å². The number of aromatic nitrogens is 1. The highest BCUT2D eigenvalue weighted by Crippen LogP contribution is 2.17. The molecule has 2 rings (SSSR count). The van der Waals surface area contributed by atoms with Crippen molar-refractivity contribution in [3.8, 4) is 0 Å². The molecule has 1 amide bonds. The molecule has 2 aromatic rings. The van der Waals surface area contributed by atoms with Gasteiger partial charge in [-0.3, -0.25) is 4.79 Å². The van der Waals surface area contributed by atoms with Crippen LogP contribution in [0.3, 0.4) is 0 Å². The van der Waals surface area contributed by atoms with E-state index in [0.29, 0.717) is 16.7 Å². The third-order valence-electron chi connectivity index (χ3n) is 2.62. The minimum absolute atomic E-state index is 0.0754. The number of aryl methyl sites for hydroxylation is 1. The first-order valence-electron chi connectivity index (χ1n) is 5.65. The summed E-state index contributed by atoms with van der Waals surface area (Å²) < 4.78 is 0.667. The maximum absolute atomic E-state index is 11.9. The quantitative estimate of drug-likeness (QED) is 0.876. The second kappa shape index (κ2) is 6.11. The zero-order chi connectivity index (χ0) is 13.0. The summed E-state index contributed by atoms with van der Waals surface area (Å²) in [7, 11) is 0. The van der Waals surface area contributed by atoms with Gasteiger partial charge in [0.15, 0.2) is 0 Å². The summed E-state index contributed by atoms with van der Waals surface area (Å²) in [6.45, 7) is 2.70. The first kappa shape index (κ1) is 13.2. The van der Waals surface area contributed by atoms with Crippen molar-refractivity contribution in [1.82, 2.24) is 10.3 Å². The Morgan fingerprint density at radius 2 is 2.33 bits per heavy atom. The highest BCUT2D eigenvalue weighted by molar-refractivity contribution is 9.10. The van der Waals surface area contributed by atoms with Crippen molar-refractivity contribution in [1.29, 1.82) is 0 Å². The number of nitrogens with one attached hydrogen (secondary N) is 1. The standard InChI is InChI=1S/C13H13BrN2OS/c1-2-9-4-6-18-11(9)8-16-13(17)10-3-5-15-12(14)7-10/h3-7H,2,8H2,1H3,(H,16,17). The Kier molecular flexibility index (Phi) is 4.49. The van der Waals surface area contributed by atoms with E-state index >= 15 is 0 Å². The Bertz CT molecular complexity index is 553. The van der Waals surface area contributed by atoms with E-state index in [1.807, 2.05) is 0 Å². The second-order valence-corrected chi connectivity index (χ2v) is 5.59. The van der Waals surface area contributed by atoms with Crippen LogP contribution in [0, 0.1) is 0 Å². The number of nitrogens with zero attached hydrogens (tertiary/aromatic N) is 1. The number of rotatable bonds is 4. The summed E-state index contributed by atoms with van der Waals surface area (Å²) in [6, 6.07) is 5.52. The van der Waals surface area contributed by atoms with E-state index in [4.69, 9.17) is 0 Å². The summed E-state index contributed by atoms with van der Waals surface area (Å²) in [5.41, 5.74) is 1.92. The van der Waals surface area contributed by atoms with E-state index in [-0.39, 0.29) is 5.91 Å².